The summed E-state index contributed by atoms with van der Waals surface area (Å²) in [5, 5.41) is 5.24. The fourth-order valence-corrected chi connectivity index (χ4v) is 2.04. The molecule has 1 heterocycles. The first-order chi connectivity index (χ1) is 8.65. The molecule has 1 fully saturated rings. The number of ether oxygens (including phenoxy) is 1. The van der Waals surface area contributed by atoms with Crippen molar-refractivity contribution in [2.24, 2.45) is 0 Å². The standard InChI is InChI=1S/C13H16N2O3/c1-3-8-6-9(4-5-11(8)18-2)10-7-14-12(16)13(17)15-10/h4-6,10H,3,7H2,1-2H3,(H,14,16)(H,15,17). The van der Waals surface area contributed by atoms with Gasteiger partial charge in [-0.2, -0.15) is 0 Å². The monoisotopic (exact) mass is 248 g/mol. The minimum atomic E-state index is -0.583. The molecule has 1 unspecified atom stereocenters. The molecule has 18 heavy (non-hydrogen) atoms. The molecular formula is C13H16N2O3. The summed E-state index contributed by atoms with van der Waals surface area (Å²) in [6.45, 7) is 2.46. The lowest BCUT2D eigenvalue weighted by atomic mass is 10.0. The zero-order chi connectivity index (χ0) is 13.1. The Hall–Kier alpha value is -2.04. The van der Waals surface area contributed by atoms with Crippen LogP contribution in [-0.2, 0) is 16.0 Å². The van der Waals surface area contributed by atoms with Gasteiger partial charge < -0.3 is 15.4 Å². The van der Waals surface area contributed by atoms with E-state index in [4.69, 9.17) is 4.74 Å². The van der Waals surface area contributed by atoms with Gasteiger partial charge in [-0.15, -0.1) is 0 Å². The van der Waals surface area contributed by atoms with E-state index >= 15 is 0 Å². The van der Waals surface area contributed by atoms with Crippen LogP contribution < -0.4 is 15.4 Å². The molecular weight excluding hydrogens is 232 g/mol. The lowest BCUT2D eigenvalue weighted by Gasteiger charge is -2.24. The maximum absolute atomic E-state index is 11.3. The Morgan fingerprint density at radius 3 is 2.72 bits per heavy atom. The van der Waals surface area contributed by atoms with Crippen LogP contribution in [-0.4, -0.2) is 25.5 Å². The van der Waals surface area contributed by atoms with Crippen molar-refractivity contribution in [1.29, 1.82) is 0 Å². The van der Waals surface area contributed by atoms with Crippen LogP contribution in [0.3, 0.4) is 0 Å². The van der Waals surface area contributed by atoms with Crippen molar-refractivity contribution in [2.45, 2.75) is 19.4 Å². The molecule has 1 saturated heterocycles. The summed E-state index contributed by atoms with van der Waals surface area (Å²) in [4.78, 5) is 22.4. The van der Waals surface area contributed by atoms with E-state index in [9.17, 15) is 9.59 Å². The van der Waals surface area contributed by atoms with Gasteiger partial charge in [0.2, 0.25) is 0 Å². The van der Waals surface area contributed by atoms with Gasteiger partial charge in [0, 0.05) is 6.54 Å². The Kier molecular flexibility index (Phi) is 3.50. The molecule has 2 amide bonds. The number of aryl methyl sites for hydroxylation is 1. The van der Waals surface area contributed by atoms with E-state index in [1.807, 2.05) is 25.1 Å². The van der Waals surface area contributed by atoms with Gasteiger partial charge in [0.1, 0.15) is 5.75 Å². The molecule has 1 aromatic carbocycles. The smallest absolute Gasteiger partial charge is 0.309 e. The first-order valence-electron chi connectivity index (χ1n) is 5.91. The third kappa shape index (κ3) is 2.30. The number of nitrogens with one attached hydrogen (secondary N) is 2. The van der Waals surface area contributed by atoms with Crippen molar-refractivity contribution < 1.29 is 14.3 Å². The van der Waals surface area contributed by atoms with Crippen molar-refractivity contribution in [3.63, 3.8) is 0 Å². The molecule has 0 aliphatic carbocycles. The number of methoxy groups -OCH3 is 1. The second kappa shape index (κ2) is 5.08. The number of carbonyl (C=O) groups is 2. The molecule has 1 aliphatic rings. The van der Waals surface area contributed by atoms with E-state index in [1.165, 1.54) is 0 Å². The average molecular weight is 248 g/mol. The third-order valence-electron chi connectivity index (χ3n) is 3.07. The van der Waals surface area contributed by atoms with Crippen molar-refractivity contribution in [3.05, 3.63) is 29.3 Å². The van der Waals surface area contributed by atoms with Crippen LogP contribution in [0.5, 0.6) is 5.75 Å². The van der Waals surface area contributed by atoms with Gasteiger partial charge >= 0.3 is 11.8 Å². The highest BCUT2D eigenvalue weighted by molar-refractivity contribution is 6.35. The summed E-state index contributed by atoms with van der Waals surface area (Å²) in [6.07, 6.45) is 0.851. The maximum atomic E-state index is 11.3. The molecule has 0 radical (unpaired) electrons. The number of rotatable bonds is 3. The largest absolute Gasteiger partial charge is 0.496 e. The van der Waals surface area contributed by atoms with Crippen LogP contribution in [0.15, 0.2) is 18.2 Å². The van der Waals surface area contributed by atoms with Gasteiger partial charge in [-0.1, -0.05) is 13.0 Å². The minimum Gasteiger partial charge on any atom is -0.496 e. The fourth-order valence-electron chi connectivity index (χ4n) is 2.04. The molecule has 0 saturated carbocycles. The molecule has 1 aromatic rings. The van der Waals surface area contributed by atoms with E-state index < -0.39 is 11.8 Å². The number of benzene rings is 1. The summed E-state index contributed by atoms with van der Waals surface area (Å²) < 4.78 is 5.26. The lowest BCUT2D eigenvalue weighted by Crippen LogP contribution is -2.51. The fraction of sp³-hybridized carbons (Fsp3) is 0.385. The van der Waals surface area contributed by atoms with Crippen LogP contribution in [0, 0.1) is 0 Å². The molecule has 5 nitrogen and oxygen atoms in total. The molecule has 0 bridgehead atoms. The van der Waals surface area contributed by atoms with E-state index in [0.29, 0.717) is 6.54 Å². The highest BCUT2D eigenvalue weighted by atomic mass is 16.5. The Labute approximate surface area is 106 Å². The summed E-state index contributed by atoms with van der Waals surface area (Å²) in [5.41, 5.74) is 2.06. The van der Waals surface area contributed by atoms with Crippen molar-refractivity contribution in [3.8, 4) is 5.75 Å². The number of amides is 2. The van der Waals surface area contributed by atoms with E-state index in [1.54, 1.807) is 7.11 Å². The first kappa shape index (κ1) is 12.4. The van der Waals surface area contributed by atoms with Gasteiger partial charge in [-0.05, 0) is 29.7 Å². The molecule has 1 atom stereocenters. The normalized spacial score (nSPS) is 19.1. The Bertz CT molecular complexity index is 485. The molecule has 0 spiro atoms. The van der Waals surface area contributed by atoms with Gasteiger partial charge in [-0.25, -0.2) is 0 Å². The van der Waals surface area contributed by atoms with E-state index in [-0.39, 0.29) is 6.04 Å². The molecule has 2 N–H and O–H groups in total. The maximum Gasteiger partial charge on any atom is 0.309 e. The predicted octanol–water partition coefficient (Wildman–Crippen LogP) is 0.545. The molecule has 0 aromatic heterocycles. The molecule has 5 heteroatoms. The molecule has 1 aliphatic heterocycles. The molecule has 96 valence electrons. The van der Waals surface area contributed by atoms with Crippen molar-refractivity contribution >= 4 is 11.8 Å². The van der Waals surface area contributed by atoms with E-state index in [2.05, 4.69) is 10.6 Å². The second-order valence-electron chi connectivity index (χ2n) is 4.16. The van der Waals surface area contributed by atoms with Crippen LogP contribution in [0.1, 0.15) is 24.1 Å². The second-order valence-corrected chi connectivity index (χ2v) is 4.16. The summed E-state index contributed by atoms with van der Waals surface area (Å²) in [7, 11) is 1.64. The summed E-state index contributed by atoms with van der Waals surface area (Å²) >= 11 is 0. The Morgan fingerprint density at radius 2 is 2.11 bits per heavy atom. The van der Waals surface area contributed by atoms with Crippen LogP contribution in [0.25, 0.3) is 0 Å². The van der Waals surface area contributed by atoms with Gasteiger partial charge in [-0.3, -0.25) is 9.59 Å². The quantitative estimate of drug-likeness (QED) is 0.767. The van der Waals surface area contributed by atoms with Gasteiger partial charge in [0.05, 0.1) is 13.2 Å². The number of piperazine rings is 1. The SMILES string of the molecule is CCc1cc(C2CNC(=O)C(=O)N2)ccc1OC. The number of carbonyl (C=O) groups excluding carboxylic acids is 2. The third-order valence-corrected chi connectivity index (χ3v) is 3.07. The zero-order valence-corrected chi connectivity index (χ0v) is 10.4. The zero-order valence-electron chi connectivity index (χ0n) is 10.4. The summed E-state index contributed by atoms with van der Waals surface area (Å²) in [6, 6.07) is 5.62. The lowest BCUT2D eigenvalue weighted by molar-refractivity contribution is -0.141. The Morgan fingerprint density at radius 1 is 1.33 bits per heavy atom. The highest BCUT2D eigenvalue weighted by Gasteiger charge is 2.26. The molecule has 2 rings (SSSR count). The average Bonchev–Trinajstić information content (AvgIpc) is 2.41. The number of hydrogen-bond donors (Lipinski definition) is 2. The van der Waals surface area contributed by atoms with Gasteiger partial charge in [0.15, 0.2) is 0 Å². The van der Waals surface area contributed by atoms with Crippen LogP contribution in [0.2, 0.25) is 0 Å². The Balaban J connectivity index is 2.23. The highest BCUT2D eigenvalue weighted by Crippen LogP contribution is 2.24. The predicted molar refractivity (Wildman–Crippen MR) is 66.3 cm³/mol. The number of hydrogen-bond acceptors (Lipinski definition) is 3. The topological polar surface area (TPSA) is 67.4 Å². The van der Waals surface area contributed by atoms with Crippen LogP contribution >= 0.6 is 0 Å². The van der Waals surface area contributed by atoms with Crippen LogP contribution in [0.4, 0.5) is 0 Å². The van der Waals surface area contributed by atoms with Crippen molar-refractivity contribution in [1.82, 2.24) is 10.6 Å². The minimum absolute atomic E-state index is 0.175. The van der Waals surface area contributed by atoms with Crippen molar-refractivity contribution in [2.75, 3.05) is 13.7 Å². The first-order valence-corrected chi connectivity index (χ1v) is 5.91. The van der Waals surface area contributed by atoms with E-state index in [0.717, 1.165) is 23.3 Å². The van der Waals surface area contributed by atoms with Gasteiger partial charge in [0.25, 0.3) is 0 Å². The summed E-state index contributed by atoms with van der Waals surface area (Å²) in [5.74, 6) is -0.317.